The molecule has 0 saturated heterocycles. The second-order valence-corrected chi connectivity index (χ2v) is 5.97. The summed E-state index contributed by atoms with van der Waals surface area (Å²) in [5.41, 5.74) is 1.96. The van der Waals surface area contributed by atoms with Gasteiger partial charge in [-0.2, -0.15) is 0 Å². The number of carbonyl (C=O) groups is 2. The van der Waals surface area contributed by atoms with Gasteiger partial charge in [0.05, 0.1) is 23.9 Å². The number of carbonyl (C=O) groups excluding carboxylic acids is 2. The van der Waals surface area contributed by atoms with Crippen molar-refractivity contribution >= 4 is 22.8 Å². The fourth-order valence-corrected chi connectivity index (χ4v) is 2.78. The minimum absolute atomic E-state index is 0.207. The number of methoxy groups -OCH3 is 1. The van der Waals surface area contributed by atoms with Crippen LogP contribution in [-0.2, 0) is 20.9 Å². The molecule has 0 radical (unpaired) electrons. The molecule has 6 nitrogen and oxygen atoms in total. The Morgan fingerprint density at radius 1 is 1.07 bits per heavy atom. The smallest absolute Gasteiger partial charge is 0.344 e. The van der Waals surface area contributed by atoms with E-state index in [9.17, 15) is 14.0 Å². The zero-order valence-corrected chi connectivity index (χ0v) is 15.4. The largest absolute Gasteiger partial charge is 0.482 e. The maximum absolute atomic E-state index is 12.9. The summed E-state index contributed by atoms with van der Waals surface area (Å²) in [4.78, 5) is 28.7. The van der Waals surface area contributed by atoms with E-state index < -0.39 is 17.8 Å². The molecule has 28 heavy (non-hydrogen) atoms. The van der Waals surface area contributed by atoms with Crippen LogP contribution in [0.25, 0.3) is 10.9 Å². The van der Waals surface area contributed by atoms with E-state index in [1.165, 1.54) is 31.4 Å². The molecule has 0 fully saturated rings. The van der Waals surface area contributed by atoms with E-state index in [0.717, 1.165) is 5.39 Å². The molecule has 0 amide bonds. The van der Waals surface area contributed by atoms with Crippen LogP contribution < -0.4 is 4.74 Å². The third-order valence-corrected chi connectivity index (χ3v) is 4.16. The Kier molecular flexibility index (Phi) is 5.84. The van der Waals surface area contributed by atoms with Crippen LogP contribution in [0.5, 0.6) is 5.75 Å². The van der Waals surface area contributed by atoms with Gasteiger partial charge >= 0.3 is 11.9 Å². The molecule has 1 heterocycles. The van der Waals surface area contributed by atoms with E-state index in [0.29, 0.717) is 22.5 Å². The van der Waals surface area contributed by atoms with Gasteiger partial charge in [-0.15, -0.1) is 0 Å². The van der Waals surface area contributed by atoms with Crippen LogP contribution in [0.1, 0.15) is 21.6 Å². The minimum atomic E-state index is -0.646. The highest BCUT2D eigenvalue weighted by Gasteiger charge is 2.20. The topological polar surface area (TPSA) is 74.7 Å². The Hall–Kier alpha value is -3.48. The Balaban J connectivity index is 1.74. The van der Waals surface area contributed by atoms with E-state index in [2.05, 4.69) is 4.98 Å². The van der Waals surface area contributed by atoms with E-state index >= 15 is 0 Å². The molecule has 144 valence electrons. The summed E-state index contributed by atoms with van der Waals surface area (Å²) in [6.45, 7) is 1.23. The molecule has 0 bridgehead atoms. The van der Waals surface area contributed by atoms with Crippen molar-refractivity contribution in [2.45, 2.75) is 13.5 Å². The van der Waals surface area contributed by atoms with Crippen molar-refractivity contribution in [2.75, 3.05) is 13.7 Å². The van der Waals surface area contributed by atoms with Crippen molar-refractivity contribution in [3.05, 3.63) is 71.2 Å². The number of aromatic nitrogens is 1. The van der Waals surface area contributed by atoms with E-state index in [-0.39, 0.29) is 18.8 Å². The predicted octanol–water partition coefficient (Wildman–Crippen LogP) is 3.59. The lowest BCUT2D eigenvalue weighted by Crippen LogP contribution is -2.17. The first kappa shape index (κ1) is 19.3. The molecule has 2 aromatic carbocycles. The molecule has 0 atom stereocenters. The van der Waals surface area contributed by atoms with Crippen LogP contribution in [0.15, 0.2) is 48.5 Å². The first-order valence-corrected chi connectivity index (χ1v) is 8.50. The lowest BCUT2D eigenvalue weighted by atomic mass is 10.0. The van der Waals surface area contributed by atoms with Gasteiger partial charge in [0, 0.05) is 5.39 Å². The molecule has 0 unspecified atom stereocenters. The number of fused-ring (bicyclic) bond motifs is 1. The summed E-state index contributed by atoms with van der Waals surface area (Å²) in [7, 11) is 1.28. The number of hydrogen-bond donors (Lipinski definition) is 0. The molecule has 3 rings (SSSR count). The average molecular weight is 383 g/mol. The molecular weight excluding hydrogens is 365 g/mol. The number of ether oxygens (including phenoxy) is 3. The third-order valence-electron chi connectivity index (χ3n) is 4.16. The molecule has 0 aliphatic heterocycles. The first-order chi connectivity index (χ1) is 13.5. The van der Waals surface area contributed by atoms with Gasteiger partial charge in [0.2, 0.25) is 0 Å². The number of hydrogen-bond acceptors (Lipinski definition) is 6. The number of halogens is 1. The maximum atomic E-state index is 12.9. The summed E-state index contributed by atoms with van der Waals surface area (Å²) in [6.07, 6.45) is 0. The van der Waals surface area contributed by atoms with Crippen LogP contribution >= 0.6 is 0 Å². The lowest BCUT2D eigenvalue weighted by Gasteiger charge is -2.13. The first-order valence-electron chi connectivity index (χ1n) is 8.50. The highest BCUT2D eigenvalue weighted by Crippen LogP contribution is 2.24. The van der Waals surface area contributed by atoms with Crippen LogP contribution in [-0.4, -0.2) is 30.6 Å². The predicted molar refractivity (Wildman–Crippen MR) is 99.5 cm³/mol. The van der Waals surface area contributed by atoms with Crippen molar-refractivity contribution in [1.82, 2.24) is 4.98 Å². The minimum Gasteiger partial charge on any atom is -0.482 e. The standard InChI is InChI=1S/C21H18FNO5/c1-13-16-5-3-4-6-17(16)23-18(20(13)21(25)26-2)11-28-19(24)12-27-15-9-7-14(22)8-10-15/h3-10H,11-12H2,1-2H3. The van der Waals surface area contributed by atoms with Crippen molar-refractivity contribution in [1.29, 1.82) is 0 Å². The van der Waals surface area contributed by atoms with Gasteiger partial charge < -0.3 is 14.2 Å². The molecule has 0 saturated carbocycles. The van der Waals surface area contributed by atoms with Gasteiger partial charge in [0.1, 0.15) is 18.2 Å². The Morgan fingerprint density at radius 3 is 2.50 bits per heavy atom. The fourth-order valence-electron chi connectivity index (χ4n) is 2.78. The highest BCUT2D eigenvalue weighted by molar-refractivity contribution is 5.98. The van der Waals surface area contributed by atoms with Gasteiger partial charge in [-0.05, 0) is 42.8 Å². The van der Waals surface area contributed by atoms with Crippen LogP contribution in [0.3, 0.4) is 0 Å². The maximum Gasteiger partial charge on any atom is 0.344 e. The summed E-state index contributed by atoms with van der Waals surface area (Å²) >= 11 is 0. The number of para-hydroxylation sites is 1. The molecule has 7 heteroatoms. The quantitative estimate of drug-likeness (QED) is 0.606. The second-order valence-electron chi connectivity index (χ2n) is 5.97. The summed E-state index contributed by atoms with van der Waals surface area (Å²) in [5, 5.41) is 0.817. The number of nitrogens with zero attached hydrogens (tertiary/aromatic N) is 1. The monoisotopic (exact) mass is 383 g/mol. The number of esters is 2. The van der Waals surface area contributed by atoms with Gasteiger partial charge in [-0.3, -0.25) is 0 Å². The Bertz CT molecular complexity index is 1020. The molecule has 0 aliphatic carbocycles. The SMILES string of the molecule is COC(=O)c1c(COC(=O)COc2ccc(F)cc2)nc2ccccc2c1C. The Labute approximate surface area is 160 Å². The number of pyridine rings is 1. The van der Waals surface area contributed by atoms with Crippen molar-refractivity contribution in [3.8, 4) is 5.75 Å². The van der Waals surface area contributed by atoms with Crippen molar-refractivity contribution < 1.29 is 28.2 Å². The van der Waals surface area contributed by atoms with Crippen molar-refractivity contribution in [3.63, 3.8) is 0 Å². The number of benzene rings is 2. The van der Waals surface area contributed by atoms with Crippen LogP contribution in [0.2, 0.25) is 0 Å². The third kappa shape index (κ3) is 4.25. The zero-order chi connectivity index (χ0) is 20.1. The average Bonchev–Trinajstić information content (AvgIpc) is 2.71. The summed E-state index contributed by atoms with van der Waals surface area (Å²) in [6, 6.07) is 12.6. The molecule has 0 aliphatic rings. The molecule has 0 spiro atoms. The second kappa shape index (κ2) is 8.47. The van der Waals surface area contributed by atoms with Crippen molar-refractivity contribution in [2.24, 2.45) is 0 Å². The molecule has 1 aromatic heterocycles. The van der Waals surface area contributed by atoms with Crippen LogP contribution in [0.4, 0.5) is 4.39 Å². The van der Waals surface area contributed by atoms with E-state index in [1.54, 1.807) is 6.92 Å². The van der Waals surface area contributed by atoms with Gasteiger partial charge in [-0.1, -0.05) is 18.2 Å². The lowest BCUT2D eigenvalue weighted by molar-refractivity contribution is -0.147. The van der Waals surface area contributed by atoms with Gasteiger partial charge in [-0.25, -0.2) is 19.0 Å². The molecule has 3 aromatic rings. The molecular formula is C21H18FNO5. The van der Waals surface area contributed by atoms with Gasteiger partial charge in [0.25, 0.3) is 0 Å². The normalized spacial score (nSPS) is 10.5. The number of aryl methyl sites for hydroxylation is 1. The highest BCUT2D eigenvalue weighted by atomic mass is 19.1. The zero-order valence-electron chi connectivity index (χ0n) is 15.4. The summed E-state index contributed by atoms with van der Waals surface area (Å²) in [5.74, 6) is -1.26. The Morgan fingerprint density at radius 2 is 1.79 bits per heavy atom. The van der Waals surface area contributed by atoms with E-state index in [4.69, 9.17) is 14.2 Å². The van der Waals surface area contributed by atoms with Crippen LogP contribution in [0, 0.1) is 12.7 Å². The molecule has 0 N–H and O–H groups in total. The fraction of sp³-hybridized carbons (Fsp3) is 0.190. The van der Waals surface area contributed by atoms with E-state index in [1.807, 2.05) is 24.3 Å². The van der Waals surface area contributed by atoms with Gasteiger partial charge in [0.15, 0.2) is 6.61 Å². The number of rotatable bonds is 6. The summed E-state index contributed by atoms with van der Waals surface area (Å²) < 4.78 is 28.2.